The smallest absolute Gasteiger partial charge is 0.211 e. The first kappa shape index (κ1) is 43.4. The zero-order chi connectivity index (χ0) is 37.4. The van der Waals surface area contributed by atoms with Crippen LogP contribution >= 0.6 is 0 Å². The Kier molecular flexibility index (Phi) is 21.6. The molecular formula is C50H76N2. The molecule has 0 saturated carbocycles. The average Bonchev–Trinajstić information content (AvgIpc) is 3.43. The van der Waals surface area contributed by atoms with Gasteiger partial charge in [0.25, 0.3) is 0 Å². The van der Waals surface area contributed by atoms with Crippen LogP contribution in [-0.4, -0.2) is 4.70 Å². The van der Waals surface area contributed by atoms with Gasteiger partial charge in [-0.25, -0.2) is 4.70 Å². The molecule has 1 aliphatic heterocycles. The maximum Gasteiger partial charge on any atom is 0.211 e. The fourth-order valence-corrected chi connectivity index (χ4v) is 7.70. The van der Waals surface area contributed by atoms with Gasteiger partial charge < -0.3 is 5.53 Å². The summed E-state index contributed by atoms with van der Waals surface area (Å²) in [5, 5.41) is 0. The SMILES string of the molecule is CCCC=CCCc1ccc(CCCCC)cc1C1=C(CCCC)C(CCCCCC)=C(c2cc(CCCCC)ccc2CCC=CCCC)[N+]1=[N-]. The third kappa shape index (κ3) is 13.8. The van der Waals surface area contributed by atoms with Crippen molar-refractivity contribution < 1.29 is 4.70 Å². The van der Waals surface area contributed by atoms with Crippen LogP contribution in [0.15, 0.2) is 71.8 Å². The van der Waals surface area contributed by atoms with Gasteiger partial charge in [0, 0.05) is 22.3 Å². The minimum absolute atomic E-state index is 0.993. The number of allylic oxidation sites excluding steroid dienone is 6. The van der Waals surface area contributed by atoms with Crippen molar-refractivity contribution in [2.24, 2.45) is 0 Å². The van der Waals surface area contributed by atoms with Crippen molar-refractivity contribution in [1.82, 2.24) is 0 Å². The van der Waals surface area contributed by atoms with Crippen molar-refractivity contribution in [3.63, 3.8) is 0 Å². The summed E-state index contributed by atoms with van der Waals surface area (Å²) in [7, 11) is 0. The lowest BCUT2D eigenvalue weighted by Crippen LogP contribution is -2.08. The second-order valence-electron chi connectivity index (χ2n) is 15.4. The third-order valence-electron chi connectivity index (χ3n) is 10.8. The molecule has 0 aliphatic carbocycles. The van der Waals surface area contributed by atoms with Crippen molar-refractivity contribution in [2.45, 2.75) is 196 Å². The van der Waals surface area contributed by atoms with E-state index >= 15 is 0 Å². The predicted molar refractivity (Wildman–Crippen MR) is 230 cm³/mol. The normalized spacial score (nSPS) is 13.6. The molecule has 3 rings (SSSR count). The van der Waals surface area contributed by atoms with Gasteiger partial charge in [-0.15, -0.1) is 0 Å². The fourth-order valence-electron chi connectivity index (χ4n) is 7.70. The van der Waals surface area contributed by atoms with Crippen LogP contribution in [0.2, 0.25) is 0 Å². The first-order valence-corrected chi connectivity index (χ1v) is 22.0. The number of benzene rings is 2. The second kappa shape index (κ2) is 25.9. The molecule has 0 amide bonds. The minimum Gasteiger partial charge on any atom is -0.493 e. The van der Waals surface area contributed by atoms with Gasteiger partial charge in [-0.3, -0.25) is 0 Å². The van der Waals surface area contributed by atoms with E-state index in [0.717, 1.165) is 88.4 Å². The Bertz CT molecular complexity index is 1470. The van der Waals surface area contributed by atoms with Gasteiger partial charge in [-0.05, 0) is 124 Å². The van der Waals surface area contributed by atoms with Crippen LogP contribution in [0.1, 0.15) is 203 Å². The summed E-state index contributed by atoms with van der Waals surface area (Å²) in [5.74, 6) is 0. The van der Waals surface area contributed by atoms with Crippen molar-refractivity contribution in [2.75, 3.05) is 0 Å². The van der Waals surface area contributed by atoms with Gasteiger partial charge in [0.1, 0.15) is 0 Å². The van der Waals surface area contributed by atoms with Crippen LogP contribution < -0.4 is 0 Å². The van der Waals surface area contributed by atoms with Crippen LogP contribution in [0.5, 0.6) is 0 Å². The quantitative estimate of drug-likeness (QED) is 0.0479. The largest absolute Gasteiger partial charge is 0.493 e. The highest BCUT2D eigenvalue weighted by atomic mass is 15.2. The molecule has 0 spiro atoms. The standard InChI is InChI=1S/C50H76N2/c1-7-13-19-22-26-31-43-37-35-41(29-24-16-10-4)39-47(43)49-45(33-18-12-6)46(34-28-21-15-9-3)50(52(49)51)48-40-42(30-25-17-11-5)36-38-44(48)32-27-23-20-14-8-2/h19-20,22-23,35-40H,7-18,21,24-34H2,1-6H3. The van der Waals surface area contributed by atoms with E-state index in [-0.39, 0.29) is 0 Å². The molecule has 1 aliphatic rings. The summed E-state index contributed by atoms with van der Waals surface area (Å²) < 4.78 is 1.70. The molecule has 0 radical (unpaired) electrons. The summed E-state index contributed by atoms with van der Waals surface area (Å²) in [6, 6.07) is 14.5. The van der Waals surface area contributed by atoms with Gasteiger partial charge in [-0.2, -0.15) is 0 Å². The molecule has 0 saturated heterocycles. The van der Waals surface area contributed by atoms with E-state index in [2.05, 4.69) is 102 Å². The maximum atomic E-state index is 12.8. The number of hydrogen-bond donors (Lipinski definition) is 0. The summed E-state index contributed by atoms with van der Waals surface area (Å²) in [5.41, 5.74) is 25.8. The van der Waals surface area contributed by atoms with E-state index in [9.17, 15) is 5.53 Å². The Balaban J connectivity index is 2.25. The highest BCUT2D eigenvalue weighted by Gasteiger charge is 2.37. The lowest BCUT2D eigenvalue weighted by molar-refractivity contribution is -0.345. The minimum atomic E-state index is 0.993. The Morgan fingerprint density at radius 1 is 0.423 bits per heavy atom. The van der Waals surface area contributed by atoms with Crippen LogP contribution in [-0.2, 0) is 25.7 Å². The third-order valence-corrected chi connectivity index (χ3v) is 10.8. The fraction of sp³-hybridized carbons (Fsp3) is 0.600. The van der Waals surface area contributed by atoms with Crippen molar-refractivity contribution in [1.29, 1.82) is 0 Å². The van der Waals surface area contributed by atoms with Crippen LogP contribution in [0.25, 0.3) is 16.9 Å². The molecule has 0 atom stereocenters. The molecule has 0 N–H and O–H groups in total. The predicted octanol–water partition coefficient (Wildman–Crippen LogP) is 16.1. The van der Waals surface area contributed by atoms with Gasteiger partial charge in [0.2, 0.25) is 11.4 Å². The lowest BCUT2D eigenvalue weighted by Gasteiger charge is -2.17. The molecule has 2 nitrogen and oxygen atoms in total. The summed E-state index contributed by atoms with van der Waals surface area (Å²) in [4.78, 5) is 0. The molecule has 2 aromatic rings. The van der Waals surface area contributed by atoms with E-state index in [1.54, 1.807) is 4.70 Å². The van der Waals surface area contributed by atoms with Gasteiger partial charge in [-0.1, -0.05) is 154 Å². The monoisotopic (exact) mass is 705 g/mol. The van der Waals surface area contributed by atoms with E-state index in [4.69, 9.17) is 0 Å². The number of hydrogen-bond acceptors (Lipinski definition) is 0. The van der Waals surface area contributed by atoms with Crippen LogP contribution in [0.3, 0.4) is 0 Å². The molecular weight excluding hydrogens is 629 g/mol. The van der Waals surface area contributed by atoms with Crippen LogP contribution in [0, 0.1) is 0 Å². The average molecular weight is 705 g/mol. The van der Waals surface area contributed by atoms with E-state index < -0.39 is 0 Å². The summed E-state index contributed by atoms with van der Waals surface area (Å²) >= 11 is 0. The van der Waals surface area contributed by atoms with E-state index in [0.29, 0.717) is 0 Å². The first-order chi connectivity index (χ1) is 25.5. The zero-order valence-electron chi connectivity index (χ0n) is 34.6. The van der Waals surface area contributed by atoms with Gasteiger partial charge >= 0.3 is 0 Å². The molecule has 0 fully saturated rings. The highest BCUT2D eigenvalue weighted by Crippen LogP contribution is 2.46. The zero-order valence-corrected chi connectivity index (χ0v) is 34.6. The molecule has 286 valence electrons. The van der Waals surface area contributed by atoms with Gasteiger partial charge in [0.15, 0.2) is 0 Å². The molecule has 2 aromatic carbocycles. The Labute approximate surface area is 321 Å². The lowest BCUT2D eigenvalue weighted by atomic mass is 9.88. The Morgan fingerprint density at radius 2 is 0.827 bits per heavy atom. The second-order valence-corrected chi connectivity index (χ2v) is 15.4. The molecule has 0 unspecified atom stereocenters. The van der Waals surface area contributed by atoms with Crippen molar-refractivity contribution in [3.8, 4) is 0 Å². The van der Waals surface area contributed by atoms with Crippen molar-refractivity contribution >= 4 is 11.4 Å². The topological polar surface area (TPSA) is 25.3 Å². The summed E-state index contributed by atoms with van der Waals surface area (Å²) in [6.45, 7) is 13.7. The maximum absolute atomic E-state index is 12.8. The summed E-state index contributed by atoms with van der Waals surface area (Å²) in [6.07, 6.45) is 37.0. The molecule has 0 aromatic heterocycles. The highest BCUT2D eigenvalue weighted by molar-refractivity contribution is 5.84. The molecule has 2 heteroatoms. The van der Waals surface area contributed by atoms with E-state index in [1.807, 2.05) is 0 Å². The molecule has 0 bridgehead atoms. The van der Waals surface area contributed by atoms with Gasteiger partial charge in [0.05, 0.1) is 0 Å². The number of nitrogens with zero attached hydrogens (tertiary/aromatic N) is 2. The molecule has 52 heavy (non-hydrogen) atoms. The first-order valence-electron chi connectivity index (χ1n) is 22.0. The van der Waals surface area contributed by atoms with E-state index in [1.165, 1.54) is 122 Å². The number of aryl methyl sites for hydroxylation is 4. The molecule has 1 heterocycles. The Hall–Kier alpha value is -3.00. The van der Waals surface area contributed by atoms with Crippen LogP contribution in [0.4, 0.5) is 0 Å². The number of rotatable bonds is 28. The number of unbranched alkanes of at least 4 members (excludes halogenated alkanes) is 10. The Morgan fingerprint density at radius 3 is 1.27 bits per heavy atom. The van der Waals surface area contributed by atoms with Crippen molar-refractivity contribution in [3.05, 3.63) is 111 Å².